The lowest BCUT2D eigenvalue weighted by molar-refractivity contribution is 0.552. The molecule has 0 aliphatic heterocycles. The summed E-state index contributed by atoms with van der Waals surface area (Å²) < 4.78 is 29.4. The van der Waals surface area contributed by atoms with Gasteiger partial charge in [0.25, 0.3) is 0 Å². The van der Waals surface area contributed by atoms with Gasteiger partial charge < -0.3 is 5.73 Å². The average molecular weight is 113 g/mol. The lowest BCUT2D eigenvalue weighted by atomic mass is 11.6. The van der Waals surface area contributed by atoms with Crippen LogP contribution in [0.15, 0.2) is 0 Å². The lowest BCUT2D eigenvalue weighted by Gasteiger charge is -1.76. The van der Waals surface area contributed by atoms with Crippen LogP contribution in [0.5, 0.6) is 0 Å². The molecule has 0 heterocycles. The van der Waals surface area contributed by atoms with E-state index in [-0.39, 0.29) is 0 Å². The second kappa shape index (κ2) is 1.53. The van der Waals surface area contributed by atoms with Crippen LogP contribution in [0.1, 0.15) is 0 Å². The Balaban J connectivity index is 3.85. The van der Waals surface area contributed by atoms with Gasteiger partial charge in [0, 0.05) is 0 Å². The second-order valence-corrected chi connectivity index (χ2v) is 2.12. The highest BCUT2D eigenvalue weighted by Crippen LogP contribution is 1.80. The minimum atomic E-state index is -4.38. The summed E-state index contributed by atoms with van der Waals surface area (Å²) >= 11 is 0. The molecule has 0 radical (unpaired) electrons. The standard InChI is InChI=1S/CH4FNO2S/c2-6(4,5)1-3/h1,3H2. The number of hydrogen-bond acceptors (Lipinski definition) is 3. The SMILES string of the molecule is NCS(=O)(=O)F. The fourth-order valence-corrected chi connectivity index (χ4v) is 0. The van der Waals surface area contributed by atoms with Gasteiger partial charge in [-0.1, -0.05) is 0 Å². The first-order chi connectivity index (χ1) is 2.56. The third kappa shape index (κ3) is 3.84. The van der Waals surface area contributed by atoms with Gasteiger partial charge in [0.05, 0.1) is 0 Å². The Bertz CT molecular complexity index is 116. The minimum absolute atomic E-state index is 0.924. The van der Waals surface area contributed by atoms with E-state index in [1.165, 1.54) is 0 Å². The van der Waals surface area contributed by atoms with Crippen LogP contribution in [0, 0.1) is 0 Å². The molecule has 0 amide bonds. The van der Waals surface area contributed by atoms with E-state index >= 15 is 0 Å². The molecule has 0 fully saturated rings. The first-order valence-electron chi connectivity index (χ1n) is 1.18. The summed E-state index contributed by atoms with van der Waals surface area (Å²) in [7, 11) is -4.38. The molecule has 0 atom stereocenters. The van der Waals surface area contributed by atoms with Gasteiger partial charge in [-0.2, -0.15) is 8.42 Å². The molecule has 6 heavy (non-hydrogen) atoms. The maximum Gasteiger partial charge on any atom is 0.315 e. The Hall–Kier alpha value is -0.160. The first-order valence-corrected chi connectivity index (χ1v) is 2.74. The average Bonchev–Trinajstić information content (AvgIpc) is 1.35. The molecule has 0 saturated carbocycles. The van der Waals surface area contributed by atoms with Crippen LogP contribution in [0.25, 0.3) is 0 Å². The summed E-state index contributed by atoms with van der Waals surface area (Å²) in [6.07, 6.45) is 0. The molecule has 0 aliphatic rings. The fraction of sp³-hybridized carbons (Fsp3) is 1.00. The molecule has 0 saturated heterocycles. The van der Waals surface area contributed by atoms with Crippen LogP contribution in [-0.4, -0.2) is 14.3 Å². The van der Waals surface area contributed by atoms with Crippen LogP contribution < -0.4 is 5.73 Å². The van der Waals surface area contributed by atoms with Gasteiger partial charge in [-0.15, -0.1) is 3.89 Å². The molecular formula is CH4FNO2S. The van der Waals surface area contributed by atoms with Crippen LogP contribution in [0.4, 0.5) is 3.89 Å². The Morgan fingerprint density at radius 1 is 1.67 bits per heavy atom. The molecule has 0 aliphatic carbocycles. The van der Waals surface area contributed by atoms with E-state index in [1.807, 2.05) is 0 Å². The molecular weight excluding hydrogens is 109 g/mol. The van der Waals surface area contributed by atoms with E-state index in [0.717, 1.165) is 0 Å². The van der Waals surface area contributed by atoms with E-state index in [4.69, 9.17) is 0 Å². The van der Waals surface area contributed by atoms with Crippen LogP contribution in [0.3, 0.4) is 0 Å². The van der Waals surface area contributed by atoms with E-state index in [1.54, 1.807) is 0 Å². The zero-order valence-electron chi connectivity index (χ0n) is 2.89. The van der Waals surface area contributed by atoms with Crippen molar-refractivity contribution in [1.29, 1.82) is 0 Å². The number of rotatable bonds is 1. The molecule has 0 spiro atoms. The van der Waals surface area contributed by atoms with Gasteiger partial charge in [0.15, 0.2) is 0 Å². The summed E-state index contributed by atoms with van der Waals surface area (Å²) in [5, 5.41) is 0. The Kier molecular flexibility index (Phi) is 1.48. The van der Waals surface area contributed by atoms with E-state index < -0.39 is 16.1 Å². The maximum atomic E-state index is 11.0. The third-order valence-electron chi connectivity index (χ3n) is 0.199. The van der Waals surface area contributed by atoms with Gasteiger partial charge in [0.2, 0.25) is 0 Å². The minimum Gasteiger partial charge on any atom is -0.315 e. The number of halogens is 1. The van der Waals surface area contributed by atoms with Gasteiger partial charge in [-0.3, -0.25) is 0 Å². The van der Waals surface area contributed by atoms with Crippen molar-refractivity contribution in [2.24, 2.45) is 5.73 Å². The second-order valence-electron chi connectivity index (χ2n) is 0.706. The van der Waals surface area contributed by atoms with Gasteiger partial charge >= 0.3 is 10.2 Å². The number of nitrogens with two attached hydrogens (primary N) is 1. The van der Waals surface area contributed by atoms with Crippen LogP contribution >= 0.6 is 0 Å². The zero-order valence-corrected chi connectivity index (χ0v) is 3.70. The van der Waals surface area contributed by atoms with Crippen molar-refractivity contribution in [2.75, 3.05) is 5.88 Å². The molecule has 3 nitrogen and oxygen atoms in total. The Morgan fingerprint density at radius 3 is 1.83 bits per heavy atom. The van der Waals surface area contributed by atoms with Crippen molar-refractivity contribution in [3.8, 4) is 0 Å². The van der Waals surface area contributed by atoms with E-state index in [0.29, 0.717) is 0 Å². The molecule has 0 aromatic carbocycles. The Labute approximate surface area is 35.2 Å². The molecule has 2 N–H and O–H groups in total. The fourth-order valence-electron chi connectivity index (χ4n) is 0. The van der Waals surface area contributed by atoms with Crippen molar-refractivity contribution >= 4 is 10.2 Å². The highest BCUT2D eigenvalue weighted by molar-refractivity contribution is 7.86. The molecule has 0 rings (SSSR count). The third-order valence-corrected chi connectivity index (χ3v) is 0.597. The van der Waals surface area contributed by atoms with Crippen molar-refractivity contribution in [3.05, 3.63) is 0 Å². The van der Waals surface area contributed by atoms with Crippen molar-refractivity contribution in [1.82, 2.24) is 0 Å². The predicted molar refractivity (Wildman–Crippen MR) is 19.1 cm³/mol. The Morgan fingerprint density at radius 2 is 1.83 bits per heavy atom. The maximum absolute atomic E-state index is 11.0. The van der Waals surface area contributed by atoms with Gasteiger partial charge in [-0.25, -0.2) is 0 Å². The van der Waals surface area contributed by atoms with Crippen molar-refractivity contribution in [2.45, 2.75) is 0 Å². The summed E-state index contributed by atoms with van der Waals surface area (Å²) in [5.41, 5.74) is 4.34. The first kappa shape index (κ1) is 5.84. The summed E-state index contributed by atoms with van der Waals surface area (Å²) in [6, 6.07) is 0. The highest BCUT2D eigenvalue weighted by Gasteiger charge is 1.97. The van der Waals surface area contributed by atoms with Gasteiger partial charge in [0.1, 0.15) is 5.88 Å². The van der Waals surface area contributed by atoms with Crippen molar-refractivity contribution < 1.29 is 12.3 Å². The largest absolute Gasteiger partial charge is 0.315 e. The smallest absolute Gasteiger partial charge is 0.315 e. The monoisotopic (exact) mass is 113 g/mol. The zero-order chi connectivity index (χ0) is 5.21. The van der Waals surface area contributed by atoms with Gasteiger partial charge in [-0.05, 0) is 0 Å². The summed E-state index contributed by atoms with van der Waals surface area (Å²) in [5.74, 6) is -0.924. The van der Waals surface area contributed by atoms with Crippen LogP contribution in [0.2, 0.25) is 0 Å². The molecule has 0 aromatic heterocycles. The van der Waals surface area contributed by atoms with E-state index in [9.17, 15) is 12.3 Å². The normalized spacial score (nSPS) is 11.7. The molecule has 5 heteroatoms. The quantitative estimate of drug-likeness (QED) is 0.453. The van der Waals surface area contributed by atoms with Crippen LogP contribution in [-0.2, 0) is 10.2 Å². The highest BCUT2D eigenvalue weighted by atomic mass is 32.3. The summed E-state index contributed by atoms with van der Waals surface area (Å²) in [4.78, 5) is 0. The van der Waals surface area contributed by atoms with Crippen molar-refractivity contribution in [3.63, 3.8) is 0 Å². The lowest BCUT2D eigenvalue weighted by Crippen LogP contribution is -2.07. The molecule has 0 aromatic rings. The summed E-state index contributed by atoms with van der Waals surface area (Å²) in [6.45, 7) is 0. The van der Waals surface area contributed by atoms with E-state index in [2.05, 4.69) is 5.73 Å². The molecule has 0 unspecified atom stereocenters. The topological polar surface area (TPSA) is 60.2 Å². The molecule has 0 bridgehead atoms. The molecule has 38 valence electrons. The number of hydrogen-bond donors (Lipinski definition) is 1. The predicted octanol–water partition coefficient (Wildman–Crippen LogP) is -0.798.